The number of benzene rings is 2. The second kappa shape index (κ2) is 9.55. The minimum atomic E-state index is -3.62. The number of carbonyl (C=O) groups is 2. The Balaban J connectivity index is 1.49. The van der Waals surface area contributed by atoms with Crippen LogP contribution in [-0.4, -0.2) is 56.6 Å². The fraction of sp³-hybridized carbons (Fsp3) is 0.333. The van der Waals surface area contributed by atoms with Gasteiger partial charge in [0.25, 0.3) is 5.91 Å². The van der Waals surface area contributed by atoms with Crippen molar-refractivity contribution in [2.75, 3.05) is 25.9 Å². The van der Waals surface area contributed by atoms with E-state index in [2.05, 4.69) is 20.9 Å². The number of hydrogen-bond acceptors (Lipinski definition) is 5. The van der Waals surface area contributed by atoms with E-state index in [-0.39, 0.29) is 22.2 Å². The molecule has 10 heteroatoms. The van der Waals surface area contributed by atoms with Gasteiger partial charge in [0.05, 0.1) is 10.5 Å². The Bertz CT molecular complexity index is 1330. The van der Waals surface area contributed by atoms with Crippen LogP contribution in [0.25, 0.3) is 10.9 Å². The van der Waals surface area contributed by atoms with Gasteiger partial charge in [0.15, 0.2) is 9.84 Å². The summed E-state index contributed by atoms with van der Waals surface area (Å²) < 4.78 is 37.9. The van der Waals surface area contributed by atoms with Crippen molar-refractivity contribution in [2.45, 2.75) is 29.7 Å². The molecule has 34 heavy (non-hydrogen) atoms. The van der Waals surface area contributed by atoms with Crippen molar-refractivity contribution in [1.29, 1.82) is 0 Å². The normalized spacial score (nSPS) is 15.7. The lowest BCUT2D eigenvalue weighted by molar-refractivity contribution is -0.128. The lowest BCUT2D eigenvalue weighted by atomic mass is 9.86. The molecular formula is C24H27FN4O4S. The monoisotopic (exact) mass is 486 g/mol. The van der Waals surface area contributed by atoms with Crippen molar-refractivity contribution in [3.8, 4) is 0 Å². The molecule has 2 amide bonds. The first-order valence-corrected chi connectivity index (χ1v) is 12.9. The average Bonchev–Trinajstić information content (AvgIpc) is 3.21. The minimum absolute atomic E-state index is 0.0107. The summed E-state index contributed by atoms with van der Waals surface area (Å²) in [5.41, 5.74) is 0.533. The second-order valence-corrected chi connectivity index (χ2v) is 10.5. The van der Waals surface area contributed by atoms with E-state index >= 15 is 0 Å². The molecule has 4 N–H and O–H groups in total. The molecule has 4 rings (SSSR count). The van der Waals surface area contributed by atoms with Crippen LogP contribution in [0.3, 0.4) is 0 Å². The zero-order chi connectivity index (χ0) is 24.3. The zero-order valence-corrected chi connectivity index (χ0v) is 19.6. The Kier molecular flexibility index (Phi) is 6.72. The van der Waals surface area contributed by atoms with Gasteiger partial charge in [-0.15, -0.1) is 0 Å². The van der Waals surface area contributed by atoms with Crippen LogP contribution in [0, 0.1) is 5.82 Å². The van der Waals surface area contributed by atoms with E-state index in [1.807, 2.05) is 0 Å². The van der Waals surface area contributed by atoms with Gasteiger partial charge in [-0.25, -0.2) is 12.8 Å². The van der Waals surface area contributed by atoms with Crippen LogP contribution in [0.4, 0.5) is 4.39 Å². The number of aromatic amines is 1. The third-order valence-electron chi connectivity index (χ3n) is 6.19. The molecular weight excluding hydrogens is 459 g/mol. The van der Waals surface area contributed by atoms with Crippen LogP contribution in [-0.2, 0) is 21.1 Å². The minimum Gasteiger partial charge on any atom is -0.361 e. The lowest BCUT2D eigenvalue weighted by Crippen LogP contribution is -2.63. The van der Waals surface area contributed by atoms with E-state index in [1.165, 1.54) is 24.3 Å². The molecule has 8 nitrogen and oxygen atoms in total. The van der Waals surface area contributed by atoms with Crippen LogP contribution in [0.15, 0.2) is 53.6 Å². The van der Waals surface area contributed by atoms with Crippen molar-refractivity contribution in [3.63, 3.8) is 0 Å². The van der Waals surface area contributed by atoms with E-state index in [9.17, 15) is 22.4 Å². The highest BCUT2D eigenvalue weighted by Crippen LogP contribution is 2.23. The maximum atomic E-state index is 13.6. The third kappa shape index (κ3) is 4.97. The predicted octanol–water partition coefficient (Wildman–Crippen LogP) is 1.92. The van der Waals surface area contributed by atoms with Crippen molar-refractivity contribution < 1.29 is 22.4 Å². The van der Waals surface area contributed by atoms with Gasteiger partial charge >= 0.3 is 0 Å². The number of nitrogens with one attached hydrogen (secondary N) is 4. The molecule has 0 atom stereocenters. The first-order chi connectivity index (χ1) is 16.2. The maximum Gasteiger partial charge on any atom is 0.253 e. The number of aromatic nitrogens is 1. The summed E-state index contributed by atoms with van der Waals surface area (Å²) >= 11 is 0. The van der Waals surface area contributed by atoms with Crippen LogP contribution >= 0.6 is 0 Å². The number of halogens is 1. The SMILES string of the molecule is CS(=O)(=O)c1ccccc1C(=O)NC1(C(=O)NCCc2c[nH]c3ccc(F)cc23)CCNCC1. The Hall–Kier alpha value is -3.24. The number of rotatable bonds is 7. The molecule has 0 unspecified atom stereocenters. The molecule has 2 aromatic carbocycles. The predicted molar refractivity (Wildman–Crippen MR) is 127 cm³/mol. The summed E-state index contributed by atoms with van der Waals surface area (Å²) in [6, 6.07) is 10.5. The fourth-order valence-corrected chi connectivity index (χ4v) is 5.25. The van der Waals surface area contributed by atoms with Crippen LogP contribution < -0.4 is 16.0 Å². The van der Waals surface area contributed by atoms with Gasteiger partial charge in [-0.05, 0) is 68.2 Å². The molecule has 0 radical (unpaired) electrons. The summed E-state index contributed by atoms with van der Waals surface area (Å²) in [4.78, 5) is 29.4. The molecule has 3 aromatic rings. The van der Waals surface area contributed by atoms with E-state index in [1.54, 1.807) is 24.4 Å². The first-order valence-electron chi connectivity index (χ1n) is 11.1. The highest BCUT2D eigenvalue weighted by Gasteiger charge is 2.41. The zero-order valence-electron chi connectivity index (χ0n) is 18.8. The highest BCUT2D eigenvalue weighted by molar-refractivity contribution is 7.90. The summed E-state index contributed by atoms with van der Waals surface area (Å²) in [7, 11) is -3.62. The smallest absolute Gasteiger partial charge is 0.253 e. The topological polar surface area (TPSA) is 120 Å². The Morgan fingerprint density at radius 3 is 2.59 bits per heavy atom. The Morgan fingerprint density at radius 1 is 1.12 bits per heavy atom. The number of amides is 2. The molecule has 0 aliphatic carbocycles. The highest BCUT2D eigenvalue weighted by atomic mass is 32.2. The van der Waals surface area contributed by atoms with Crippen LogP contribution in [0.1, 0.15) is 28.8 Å². The standard InChI is InChI=1S/C24H27FN4O4S/c1-34(32,33)21-5-3-2-4-18(21)22(30)29-24(9-12-26-13-10-24)23(31)27-11-8-16-15-28-20-7-6-17(25)14-19(16)20/h2-7,14-15,26,28H,8-13H2,1H3,(H,27,31)(H,29,30). The van der Waals surface area contributed by atoms with Crippen molar-refractivity contribution in [2.24, 2.45) is 0 Å². The number of piperidine rings is 1. The summed E-state index contributed by atoms with van der Waals surface area (Å²) in [5.74, 6) is -1.27. The van der Waals surface area contributed by atoms with Crippen molar-refractivity contribution in [1.82, 2.24) is 20.9 Å². The quantitative estimate of drug-likeness (QED) is 0.407. The van der Waals surface area contributed by atoms with E-state index < -0.39 is 21.3 Å². The molecule has 0 spiro atoms. The fourth-order valence-electron chi connectivity index (χ4n) is 4.36. The number of hydrogen-bond donors (Lipinski definition) is 4. The molecule has 1 aromatic heterocycles. The number of carbonyl (C=O) groups excluding carboxylic acids is 2. The molecule has 180 valence electrons. The van der Waals surface area contributed by atoms with Gasteiger partial charge < -0.3 is 20.9 Å². The first kappa shape index (κ1) is 23.9. The molecule has 1 aliphatic heterocycles. The number of sulfone groups is 1. The lowest BCUT2D eigenvalue weighted by Gasteiger charge is -2.37. The van der Waals surface area contributed by atoms with E-state index in [4.69, 9.17) is 0 Å². The molecule has 1 fully saturated rings. The Labute approximate surface area is 197 Å². The van der Waals surface area contributed by atoms with Crippen molar-refractivity contribution in [3.05, 3.63) is 65.6 Å². The van der Waals surface area contributed by atoms with E-state index in [0.717, 1.165) is 22.7 Å². The summed E-state index contributed by atoms with van der Waals surface area (Å²) in [5, 5.41) is 9.68. The van der Waals surface area contributed by atoms with Gasteiger partial charge in [0.2, 0.25) is 5.91 Å². The molecule has 1 aliphatic rings. The van der Waals surface area contributed by atoms with Crippen LogP contribution in [0.5, 0.6) is 0 Å². The summed E-state index contributed by atoms with van der Waals surface area (Å²) in [6.07, 6.45) is 4.05. The molecule has 1 saturated heterocycles. The van der Waals surface area contributed by atoms with Crippen LogP contribution in [0.2, 0.25) is 0 Å². The average molecular weight is 487 g/mol. The van der Waals surface area contributed by atoms with Gasteiger partial charge in [-0.2, -0.15) is 0 Å². The second-order valence-electron chi connectivity index (χ2n) is 8.56. The maximum absolute atomic E-state index is 13.6. The molecule has 2 heterocycles. The van der Waals surface area contributed by atoms with E-state index in [0.29, 0.717) is 38.9 Å². The van der Waals surface area contributed by atoms with Gasteiger partial charge in [0, 0.05) is 29.9 Å². The summed E-state index contributed by atoms with van der Waals surface area (Å²) in [6.45, 7) is 1.36. The Morgan fingerprint density at radius 2 is 1.85 bits per heavy atom. The van der Waals surface area contributed by atoms with Crippen molar-refractivity contribution >= 4 is 32.6 Å². The molecule has 0 bridgehead atoms. The van der Waals surface area contributed by atoms with Gasteiger partial charge in [-0.3, -0.25) is 9.59 Å². The van der Waals surface area contributed by atoms with Gasteiger partial charge in [0.1, 0.15) is 11.4 Å². The third-order valence-corrected chi connectivity index (χ3v) is 7.34. The molecule has 0 saturated carbocycles. The van der Waals surface area contributed by atoms with Gasteiger partial charge in [-0.1, -0.05) is 12.1 Å². The number of fused-ring (bicyclic) bond motifs is 1. The largest absolute Gasteiger partial charge is 0.361 e. The number of H-pyrrole nitrogens is 1.